The summed E-state index contributed by atoms with van der Waals surface area (Å²) < 4.78 is 18.3. The van der Waals surface area contributed by atoms with Crippen LogP contribution in [0.1, 0.15) is 10.4 Å². The number of rotatable bonds is 3. The zero-order valence-electron chi connectivity index (χ0n) is 11.5. The molecule has 2 rings (SSSR count). The molecule has 2 aromatic carbocycles. The van der Waals surface area contributed by atoms with E-state index in [0.717, 1.165) is 6.07 Å². The van der Waals surface area contributed by atoms with Gasteiger partial charge in [-0.1, -0.05) is 17.7 Å². The Balaban J connectivity index is 2.07. The molecule has 2 aromatic rings. The second-order valence-electron chi connectivity index (χ2n) is 4.26. The molecule has 2 N–H and O–H groups in total. The molecular weight excluding hydrogens is 327 g/mol. The van der Waals surface area contributed by atoms with Crippen LogP contribution in [-0.2, 0) is 0 Å². The molecule has 22 heavy (non-hydrogen) atoms. The Bertz CT molecular complexity index is 724. The number of hydrogen-bond donors (Lipinski definition) is 2. The van der Waals surface area contributed by atoms with Gasteiger partial charge in [0.15, 0.2) is 5.11 Å². The Kier molecular flexibility index (Phi) is 5.30. The van der Waals surface area contributed by atoms with Crippen LogP contribution in [-0.4, -0.2) is 18.1 Å². The maximum absolute atomic E-state index is 13.1. The van der Waals surface area contributed by atoms with Crippen LogP contribution in [0.3, 0.4) is 0 Å². The van der Waals surface area contributed by atoms with Gasteiger partial charge in [-0.05, 0) is 48.6 Å². The van der Waals surface area contributed by atoms with Crippen molar-refractivity contribution in [2.24, 2.45) is 0 Å². The van der Waals surface area contributed by atoms with Gasteiger partial charge in [0.25, 0.3) is 5.91 Å². The summed E-state index contributed by atoms with van der Waals surface area (Å²) in [5.41, 5.74) is 0.682. The summed E-state index contributed by atoms with van der Waals surface area (Å²) in [6, 6.07) is 10.3. The minimum absolute atomic E-state index is 0.0508. The van der Waals surface area contributed by atoms with Gasteiger partial charge in [-0.25, -0.2) is 4.39 Å². The average Bonchev–Trinajstić information content (AvgIpc) is 2.47. The minimum atomic E-state index is -0.516. The fourth-order valence-electron chi connectivity index (χ4n) is 1.74. The fraction of sp³-hybridized carbons (Fsp3) is 0.0667. The fourth-order valence-corrected chi connectivity index (χ4v) is 2.11. The SMILES string of the molecule is COc1ccc(Cl)cc1NC(=S)NC(=O)c1cccc(F)c1. The molecule has 0 atom stereocenters. The summed E-state index contributed by atoms with van der Waals surface area (Å²) in [4.78, 5) is 12.0. The first-order valence-electron chi connectivity index (χ1n) is 6.21. The van der Waals surface area contributed by atoms with Crippen LogP contribution in [0.4, 0.5) is 10.1 Å². The Hall–Kier alpha value is -2.18. The maximum atomic E-state index is 13.1. The molecule has 0 saturated carbocycles. The van der Waals surface area contributed by atoms with Crippen molar-refractivity contribution < 1.29 is 13.9 Å². The molecule has 0 aromatic heterocycles. The molecule has 0 aliphatic heterocycles. The second-order valence-corrected chi connectivity index (χ2v) is 5.11. The lowest BCUT2D eigenvalue weighted by molar-refractivity contribution is 0.0977. The van der Waals surface area contributed by atoms with E-state index in [2.05, 4.69) is 10.6 Å². The lowest BCUT2D eigenvalue weighted by Crippen LogP contribution is -2.34. The maximum Gasteiger partial charge on any atom is 0.257 e. The zero-order chi connectivity index (χ0) is 16.1. The molecule has 7 heteroatoms. The van der Waals surface area contributed by atoms with Crippen LogP contribution in [0.25, 0.3) is 0 Å². The third-order valence-electron chi connectivity index (χ3n) is 2.72. The van der Waals surface area contributed by atoms with Crippen molar-refractivity contribution in [2.75, 3.05) is 12.4 Å². The number of carbonyl (C=O) groups is 1. The van der Waals surface area contributed by atoms with Crippen LogP contribution in [0, 0.1) is 5.82 Å². The summed E-state index contributed by atoms with van der Waals surface area (Å²) in [7, 11) is 1.50. The van der Waals surface area contributed by atoms with E-state index in [1.54, 1.807) is 18.2 Å². The monoisotopic (exact) mass is 338 g/mol. The van der Waals surface area contributed by atoms with E-state index in [1.807, 2.05) is 0 Å². The number of thiocarbonyl (C=S) groups is 1. The van der Waals surface area contributed by atoms with Gasteiger partial charge < -0.3 is 10.1 Å². The second kappa shape index (κ2) is 7.20. The number of ether oxygens (including phenoxy) is 1. The first-order chi connectivity index (χ1) is 10.5. The molecule has 114 valence electrons. The standard InChI is InChI=1S/C15H12ClFN2O2S/c1-21-13-6-5-10(16)8-12(13)18-15(22)19-14(20)9-3-2-4-11(17)7-9/h2-8H,1H3,(H2,18,19,20,22). The quantitative estimate of drug-likeness (QED) is 0.839. The number of methoxy groups -OCH3 is 1. The molecule has 0 bridgehead atoms. The van der Waals surface area contributed by atoms with Crippen molar-refractivity contribution >= 4 is 40.5 Å². The van der Waals surface area contributed by atoms with Gasteiger partial charge >= 0.3 is 0 Å². The topological polar surface area (TPSA) is 50.4 Å². The number of hydrogen-bond acceptors (Lipinski definition) is 3. The molecule has 0 radical (unpaired) electrons. The van der Waals surface area contributed by atoms with E-state index in [9.17, 15) is 9.18 Å². The molecule has 0 fully saturated rings. The lowest BCUT2D eigenvalue weighted by atomic mass is 10.2. The summed E-state index contributed by atoms with van der Waals surface area (Å²) in [6.45, 7) is 0. The van der Waals surface area contributed by atoms with Crippen molar-refractivity contribution in [1.29, 1.82) is 0 Å². The summed E-state index contributed by atoms with van der Waals surface area (Å²) in [5, 5.41) is 5.81. The Labute approximate surface area is 137 Å². The van der Waals surface area contributed by atoms with Gasteiger partial charge in [-0.2, -0.15) is 0 Å². The van der Waals surface area contributed by atoms with Gasteiger partial charge in [-0.3, -0.25) is 10.1 Å². The summed E-state index contributed by atoms with van der Waals surface area (Å²) >= 11 is 11.0. The van der Waals surface area contributed by atoms with Crippen LogP contribution in [0.2, 0.25) is 5.02 Å². The summed E-state index contributed by atoms with van der Waals surface area (Å²) in [5.74, 6) is -0.493. The number of carbonyl (C=O) groups excluding carboxylic acids is 1. The van der Waals surface area contributed by atoms with Gasteiger partial charge in [0, 0.05) is 10.6 Å². The number of halogens is 2. The van der Waals surface area contributed by atoms with Crippen molar-refractivity contribution in [1.82, 2.24) is 5.32 Å². The van der Waals surface area contributed by atoms with Gasteiger partial charge in [-0.15, -0.1) is 0 Å². The Morgan fingerprint density at radius 2 is 2.05 bits per heavy atom. The lowest BCUT2D eigenvalue weighted by Gasteiger charge is -2.13. The highest BCUT2D eigenvalue weighted by molar-refractivity contribution is 7.80. The molecule has 1 amide bonds. The van der Waals surface area contributed by atoms with Crippen LogP contribution >= 0.6 is 23.8 Å². The normalized spacial score (nSPS) is 9.95. The van der Waals surface area contributed by atoms with Gasteiger partial charge in [0.05, 0.1) is 12.8 Å². The molecule has 0 spiro atoms. The van der Waals surface area contributed by atoms with E-state index in [0.29, 0.717) is 16.5 Å². The molecule has 0 aliphatic carbocycles. The molecule has 0 unspecified atom stereocenters. The van der Waals surface area contributed by atoms with E-state index in [4.69, 9.17) is 28.6 Å². The molecular formula is C15H12ClFN2O2S. The number of nitrogens with one attached hydrogen (secondary N) is 2. The molecule has 4 nitrogen and oxygen atoms in total. The van der Waals surface area contributed by atoms with Crippen molar-refractivity contribution in [2.45, 2.75) is 0 Å². The summed E-state index contributed by atoms with van der Waals surface area (Å²) in [6.07, 6.45) is 0. The highest BCUT2D eigenvalue weighted by Crippen LogP contribution is 2.27. The van der Waals surface area contributed by atoms with Crippen molar-refractivity contribution in [3.8, 4) is 5.75 Å². The number of amides is 1. The third-order valence-corrected chi connectivity index (χ3v) is 3.16. The van der Waals surface area contributed by atoms with Crippen LogP contribution in [0.15, 0.2) is 42.5 Å². The van der Waals surface area contributed by atoms with Crippen molar-refractivity contribution in [3.63, 3.8) is 0 Å². The number of benzene rings is 2. The Morgan fingerprint density at radius 1 is 1.27 bits per heavy atom. The molecule has 0 saturated heterocycles. The number of anilines is 1. The minimum Gasteiger partial charge on any atom is -0.495 e. The first-order valence-corrected chi connectivity index (χ1v) is 6.99. The highest BCUT2D eigenvalue weighted by atomic mass is 35.5. The predicted octanol–water partition coefficient (Wildman–Crippen LogP) is 3.61. The van der Waals surface area contributed by atoms with E-state index >= 15 is 0 Å². The largest absolute Gasteiger partial charge is 0.495 e. The smallest absolute Gasteiger partial charge is 0.257 e. The van der Waals surface area contributed by atoms with Crippen LogP contribution < -0.4 is 15.4 Å². The first kappa shape index (κ1) is 16.2. The average molecular weight is 339 g/mol. The zero-order valence-corrected chi connectivity index (χ0v) is 13.1. The van der Waals surface area contributed by atoms with E-state index < -0.39 is 11.7 Å². The molecule has 0 aliphatic rings. The highest BCUT2D eigenvalue weighted by Gasteiger charge is 2.11. The van der Waals surface area contributed by atoms with Crippen molar-refractivity contribution in [3.05, 3.63) is 58.9 Å². The predicted molar refractivity (Wildman–Crippen MR) is 88.1 cm³/mol. The van der Waals surface area contributed by atoms with E-state index in [1.165, 1.54) is 25.3 Å². The Morgan fingerprint density at radius 3 is 2.73 bits per heavy atom. The third kappa shape index (κ3) is 4.16. The molecule has 0 heterocycles. The van der Waals surface area contributed by atoms with Gasteiger partial charge in [0.2, 0.25) is 0 Å². The van der Waals surface area contributed by atoms with Crippen LogP contribution in [0.5, 0.6) is 5.75 Å². The van der Waals surface area contributed by atoms with E-state index in [-0.39, 0.29) is 10.7 Å². The van der Waals surface area contributed by atoms with Gasteiger partial charge in [0.1, 0.15) is 11.6 Å².